The van der Waals surface area contributed by atoms with Crippen molar-refractivity contribution in [3.8, 4) is 6.07 Å². The van der Waals surface area contributed by atoms with E-state index in [0.717, 1.165) is 6.42 Å². The van der Waals surface area contributed by atoms with Gasteiger partial charge in [0.25, 0.3) is 0 Å². The summed E-state index contributed by atoms with van der Waals surface area (Å²) in [5, 5.41) is 27.2. The Morgan fingerprint density at radius 3 is 2.85 bits per heavy atom. The van der Waals surface area contributed by atoms with E-state index in [-0.39, 0.29) is 24.8 Å². The van der Waals surface area contributed by atoms with Crippen molar-refractivity contribution in [1.82, 2.24) is 4.90 Å². The molecule has 0 bridgehead atoms. The third-order valence-electron chi connectivity index (χ3n) is 2.58. The summed E-state index contributed by atoms with van der Waals surface area (Å²) in [7, 11) is 0. The topological polar surface area (TPSA) is 67.5 Å². The molecule has 0 saturated carbocycles. The van der Waals surface area contributed by atoms with E-state index in [0.29, 0.717) is 13.0 Å². The van der Waals surface area contributed by atoms with E-state index in [9.17, 15) is 5.11 Å². The summed E-state index contributed by atoms with van der Waals surface area (Å²) in [6.07, 6.45) is 0.925. The van der Waals surface area contributed by atoms with Gasteiger partial charge >= 0.3 is 0 Å². The number of aliphatic hydroxyl groups excluding tert-OH is 2. The molecule has 0 aromatic heterocycles. The maximum Gasteiger partial charge on any atom is 0.0979 e. The largest absolute Gasteiger partial charge is 0.395 e. The molecule has 0 radical (unpaired) electrons. The molecule has 1 saturated heterocycles. The van der Waals surface area contributed by atoms with E-state index >= 15 is 0 Å². The molecule has 1 rings (SSSR count). The molecule has 13 heavy (non-hydrogen) atoms. The number of aliphatic hydroxyl groups is 2. The minimum Gasteiger partial charge on any atom is -0.395 e. The van der Waals surface area contributed by atoms with Gasteiger partial charge in [-0.2, -0.15) is 5.26 Å². The number of nitrogens with zero attached hydrogens (tertiary/aromatic N) is 2. The van der Waals surface area contributed by atoms with E-state index in [1.807, 2.05) is 11.8 Å². The van der Waals surface area contributed by atoms with E-state index in [1.54, 1.807) is 0 Å². The zero-order valence-corrected chi connectivity index (χ0v) is 7.85. The van der Waals surface area contributed by atoms with Crippen LogP contribution in [0.4, 0.5) is 0 Å². The van der Waals surface area contributed by atoms with Crippen molar-refractivity contribution in [2.24, 2.45) is 0 Å². The molecular formula is C9H16N2O2. The first-order valence-corrected chi connectivity index (χ1v) is 4.67. The molecule has 2 N–H and O–H groups in total. The fraction of sp³-hybridized carbons (Fsp3) is 0.889. The van der Waals surface area contributed by atoms with Crippen molar-refractivity contribution < 1.29 is 10.2 Å². The first-order chi connectivity index (χ1) is 6.22. The molecule has 0 aromatic rings. The van der Waals surface area contributed by atoms with E-state index in [1.165, 1.54) is 0 Å². The fourth-order valence-corrected chi connectivity index (χ4v) is 1.88. The normalized spacial score (nSPS) is 31.5. The molecule has 0 spiro atoms. The molecule has 1 aliphatic rings. The fourth-order valence-electron chi connectivity index (χ4n) is 1.88. The highest BCUT2D eigenvalue weighted by Gasteiger charge is 2.34. The van der Waals surface area contributed by atoms with Gasteiger partial charge in [0.2, 0.25) is 0 Å². The zero-order valence-electron chi connectivity index (χ0n) is 7.85. The van der Waals surface area contributed by atoms with Crippen LogP contribution in [0.3, 0.4) is 0 Å². The average Bonchev–Trinajstić information content (AvgIpc) is 2.49. The number of hydrogen-bond acceptors (Lipinski definition) is 4. The van der Waals surface area contributed by atoms with Crippen LogP contribution >= 0.6 is 0 Å². The Bertz CT molecular complexity index is 202. The Kier molecular flexibility index (Phi) is 3.67. The molecule has 1 heterocycles. The van der Waals surface area contributed by atoms with Gasteiger partial charge in [0.05, 0.1) is 24.8 Å². The third-order valence-corrected chi connectivity index (χ3v) is 2.58. The van der Waals surface area contributed by atoms with Crippen LogP contribution in [0, 0.1) is 11.3 Å². The minimum absolute atomic E-state index is 0.0231. The summed E-state index contributed by atoms with van der Waals surface area (Å²) in [6, 6.07) is 1.97. The molecule has 4 nitrogen and oxygen atoms in total. The van der Waals surface area contributed by atoms with Crippen molar-refractivity contribution in [3.05, 3.63) is 0 Å². The summed E-state index contributed by atoms with van der Waals surface area (Å²) in [5.74, 6) is 0. The lowest BCUT2D eigenvalue weighted by molar-refractivity contribution is 0.133. The molecule has 3 atom stereocenters. The number of β-amino-alcohol motifs (C(OH)–C–C–N with tert-alkyl or cyclic N) is 1. The van der Waals surface area contributed by atoms with Crippen molar-refractivity contribution in [2.75, 3.05) is 13.2 Å². The predicted molar refractivity (Wildman–Crippen MR) is 47.9 cm³/mol. The molecule has 0 aliphatic carbocycles. The molecular weight excluding hydrogens is 168 g/mol. The zero-order chi connectivity index (χ0) is 9.84. The number of likely N-dealkylation sites (tertiary alicyclic amines) is 1. The van der Waals surface area contributed by atoms with E-state index in [4.69, 9.17) is 10.4 Å². The molecule has 74 valence electrons. The van der Waals surface area contributed by atoms with Gasteiger partial charge in [-0.15, -0.1) is 0 Å². The minimum atomic E-state index is -0.389. The lowest BCUT2D eigenvalue weighted by atomic mass is 10.1. The van der Waals surface area contributed by atoms with E-state index < -0.39 is 0 Å². The van der Waals surface area contributed by atoms with Crippen LogP contribution in [-0.2, 0) is 0 Å². The van der Waals surface area contributed by atoms with Crippen LogP contribution in [0.25, 0.3) is 0 Å². The maximum absolute atomic E-state index is 9.38. The third kappa shape index (κ3) is 2.19. The van der Waals surface area contributed by atoms with Crippen LogP contribution in [0.1, 0.15) is 19.8 Å². The second kappa shape index (κ2) is 4.56. The van der Waals surface area contributed by atoms with Crippen LogP contribution in [0.2, 0.25) is 0 Å². The summed E-state index contributed by atoms with van der Waals surface area (Å²) in [4.78, 5) is 1.89. The van der Waals surface area contributed by atoms with Crippen molar-refractivity contribution in [1.29, 1.82) is 5.26 Å². The summed E-state index contributed by atoms with van der Waals surface area (Å²) in [6.45, 7) is 2.47. The highest BCUT2D eigenvalue weighted by molar-refractivity contribution is 4.98. The van der Waals surface area contributed by atoms with Crippen LogP contribution in [0.5, 0.6) is 0 Å². The highest BCUT2D eigenvalue weighted by atomic mass is 16.3. The Hall–Kier alpha value is -0.630. The van der Waals surface area contributed by atoms with Gasteiger partial charge in [-0.3, -0.25) is 4.90 Å². The lowest BCUT2D eigenvalue weighted by Crippen LogP contribution is -2.40. The van der Waals surface area contributed by atoms with Gasteiger partial charge in [0, 0.05) is 12.6 Å². The van der Waals surface area contributed by atoms with Gasteiger partial charge in [-0.1, -0.05) is 6.92 Å². The molecule has 0 aromatic carbocycles. The molecule has 4 heteroatoms. The Morgan fingerprint density at radius 2 is 2.38 bits per heavy atom. The molecule has 0 amide bonds. The van der Waals surface area contributed by atoms with Crippen LogP contribution in [-0.4, -0.2) is 46.5 Å². The quantitative estimate of drug-likeness (QED) is 0.633. The van der Waals surface area contributed by atoms with Crippen LogP contribution < -0.4 is 0 Å². The number of rotatable bonds is 3. The summed E-state index contributed by atoms with van der Waals surface area (Å²) < 4.78 is 0. The standard InChI is InChI=1S/C9H16N2O2/c1-2-7(4-10)11-5-9(13)3-8(11)6-12/h7-9,12-13H,2-3,5-6H2,1H3. The monoisotopic (exact) mass is 184 g/mol. The molecule has 3 unspecified atom stereocenters. The lowest BCUT2D eigenvalue weighted by Gasteiger charge is -2.26. The van der Waals surface area contributed by atoms with Gasteiger partial charge in [-0.05, 0) is 12.8 Å². The molecule has 1 fully saturated rings. The predicted octanol–water partition coefficient (Wildman–Crippen LogP) is -0.284. The second-order valence-corrected chi connectivity index (χ2v) is 3.48. The smallest absolute Gasteiger partial charge is 0.0979 e. The Balaban J connectivity index is 2.62. The van der Waals surface area contributed by atoms with Crippen molar-refractivity contribution in [3.63, 3.8) is 0 Å². The highest BCUT2D eigenvalue weighted by Crippen LogP contribution is 2.21. The average molecular weight is 184 g/mol. The first-order valence-electron chi connectivity index (χ1n) is 4.67. The van der Waals surface area contributed by atoms with Gasteiger partial charge in [-0.25, -0.2) is 0 Å². The number of hydrogen-bond donors (Lipinski definition) is 2. The summed E-state index contributed by atoms with van der Waals surface area (Å²) >= 11 is 0. The first kappa shape index (κ1) is 10.5. The Labute approximate surface area is 78.4 Å². The van der Waals surface area contributed by atoms with Crippen LogP contribution in [0.15, 0.2) is 0 Å². The number of nitriles is 1. The van der Waals surface area contributed by atoms with Crippen molar-refractivity contribution in [2.45, 2.75) is 38.0 Å². The Morgan fingerprint density at radius 1 is 1.69 bits per heavy atom. The van der Waals surface area contributed by atoms with Gasteiger partial charge in [0.1, 0.15) is 0 Å². The maximum atomic E-state index is 9.38. The van der Waals surface area contributed by atoms with Gasteiger partial charge in [0.15, 0.2) is 0 Å². The summed E-state index contributed by atoms with van der Waals surface area (Å²) in [5.41, 5.74) is 0. The molecule has 1 aliphatic heterocycles. The van der Waals surface area contributed by atoms with Crippen molar-refractivity contribution >= 4 is 0 Å². The second-order valence-electron chi connectivity index (χ2n) is 3.48. The van der Waals surface area contributed by atoms with Gasteiger partial charge < -0.3 is 10.2 Å². The van der Waals surface area contributed by atoms with E-state index in [2.05, 4.69) is 6.07 Å². The SMILES string of the molecule is CCC(C#N)N1CC(O)CC1CO.